The zero-order chi connectivity index (χ0) is 27.1. The van der Waals surface area contributed by atoms with Crippen molar-refractivity contribution in [2.24, 2.45) is 4.99 Å². The molecule has 39 heavy (non-hydrogen) atoms. The largest absolute Gasteiger partial charge is 0.322 e. The number of nitrogens with zero attached hydrogens (tertiary/aromatic N) is 3. The van der Waals surface area contributed by atoms with Gasteiger partial charge in [0, 0.05) is 27.6 Å². The normalized spacial score (nSPS) is 15.3. The fourth-order valence-corrected chi connectivity index (χ4v) is 6.96. The first-order valence-corrected chi connectivity index (χ1v) is 14.3. The van der Waals surface area contributed by atoms with Gasteiger partial charge in [-0.3, -0.25) is 14.2 Å². The van der Waals surface area contributed by atoms with Crippen LogP contribution in [0.4, 0.5) is 5.69 Å². The summed E-state index contributed by atoms with van der Waals surface area (Å²) in [6.45, 7) is 5.97. The predicted molar refractivity (Wildman–Crippen MR) is 158 cm³/mol. The number of carbonyl (C=O) groups is 1. The summed E-state index contributed by atoms with van der Waals surface area (Å²) in [5.74, 6) is -0.262. The number of thiophene rings is 1. The van der Waals surface area contributed by atoms with Gasteiger partial charge in [-0.15, -0.1) is 11.3 Å². The molecule has 1 N–H and O–H groups in total. The molecule has 6 nitrogen and oxygen atoms in total. The Balaban J connectivity index is 1.47. The van der Waals surface area contributed by atoms with Crippen molar-refractivity contribution in [2.75, 3.05) is 5.32 Å². The van der Waals surface area contributed by atoms with Gasteiger partial charge < -0.3 is 9.88 Å². The van der Waals surface area contributed by atoms with E-state index in [1.165, 1.54) is 22.7 Å². The van der Waals surface area contributed by atoms with Crippen LogP contribution in [0.3, 0.4) is 0 Å². The number of anilines is 1. The van der Waals surface area contributed by atoms with Gasteiger partial charge in [-0.05, 0) is 74.2 Å². The summed E-state index contributed by atoms with van der Waals surface area (Å²) in [6, 6.07) is 25.0. The molecule has 1 aliphatic rings. The monoisotopic (exact) mass is 550 g/mol. The van der Waals surface area contributed by atoms with Crippen LogP contribution in [0.25, 0.3) is 11.8 Å². The second-order valence-corrected chi connectivity index (χ2v) is 11.4. The molecule has 0 bridgehead atoms. The Kier molecular flexibility index (Phi) is 6.50. The minimum atomic E-state index is -0.552. The van der Waals surface area contributed by atoms with Gasteiger partial charge in [-0.1, -0.05) is 53.8 Å². The van der Waals surface area contributed by atoms with E-state index in [2.05, 4.69) is 41.9 Å². The maximum absolute atomic E-state index is 14.0. The average Bonchev–Trinajstić information content (AvgIpc) is 3.63. The number of amides is 1. The zero-order valence-electron chi connectivity index (χ0n) is 21.7. The molecule has 4 heterocycles. The number of benzene rings is 2. The van der Waals surface area contributed by atoms with E-state index in [1.807, 2.05) is 79.0 Å². The average molecular weight is 551 g/mol. The number of para-hydroxylation sites is 2. The van der Waals surface area contributed by atoms with E-state index in [0.717, 1.165) is 27.5 Å². The quantitative estimate of drug-likeness (QED) is 0.321. The van der Waals surface area contributed by atoms with Crippen LogP contribution in [0.2, 0.25) is 0 Å². The van der Waals surface area contributed by atoms with Crippen molar-refractivity contribution in [1.82, 2.24) is 9.13 Å². The molecule has 1 atom stereocenters. The molecule has 3 aromatic heterocycles. The van der Waals surface area contributed by atoms with Crippen LogP contribution in [0.1, 0.15) is 34.8 Å². The topological polar surface area (TPSA) is 68.4 Å². The fraction of sp³-hybridized carbons (Fsp3) is 0.129. The van der Waals surface area contributed by atoms with Gasteiger partial charge in [-0.2, -0.15) is 0 Å². The molecule has 2 aromatic carbocycles. The van der Waals surface area contributed by atoms with Crippen molar-refractivity contribution in [3.05, 3.63) is 137 Å². The fourth-order valence-electron chi connectivity index (χ4n) is 5.10. The number of carbonyl (C=O) groups excluding carboxylic acids is 1. The predicted octanol–water partition coefficient (Wildman–Crippen LogP) is 5.34. The molecule has 194 valence electrons. The molecular weight excluding hydrogens is 525 g/mol. The number of nitrogens with one attached hydrogen (secondary N) is 1. The van der Waals surface area contributed by atoms with Gasteiger partial charge in [-0.25, -0.2) is 4.99 Å². The highest BCUT2D eigenvalue weighted by Crippen LogP contribution is 2.33. The first-order chi connectivity index (χ1) is 18.9. The Morgan fingerprint density at radius 1 is 0.974 bits per heavy atom. The highest BCUT2D eigenvalue weighted by Gasteiger charge is 2.33. The lowest BCUT2D eigenvalue weighted by Crippen LogP contribution is -2.40. The van der Waals surface area contributed by atoms with Gasteiger partial charge in [0.2, 0.25) is 0 Å². The van der Waals surface area contributed by atoms with E-state index in [0.29, 0.717) is 26.3 Å². The summed E-state index contributed by atoms with van der Waals surface area (Å²) in [5, 5.41) is 4.95. The van der Waals surface area contributed by atoms with E-state index < -0.39 is 6.04 Å². The minimum Gasteiger partial charge on any atom is -0.322 e. The first kappa shape index (κ1) is 25.0. The van der Waals surface area contributed by atoms with Crippen molar-refractivity contribution in [3.63, 3.8) is 0 Å². The van der Waals surface area contributed by atoms with Crippen molar-refractivity contribution >= 4 is 40.3 Å². The molecule has 8 heteroatoms. The first-order valence-electron chi connectivity index (χ1n) is 12.6. The minimum absolute atomic E-state index is 0.154. The molecular formula is C31H26N4O2S2. The van der Waals surface area contributed by atoms with Crippen LogP contribution < -0.4 is 20.2 Å². The number of rotatable bonds is 5. The molecule has 6 rings (SSSR count). The zero-order valence-corrected chi connectivity index (χ0v) is 23.3. The molecule has 0 saturated heterocycles. The molecule has 5 aromatic rings. The molecule has 0 fully saturated rings. The Bertz CT molecular complexity index is 1890. The lowest BCUT2D eigenvalue weighted by Gasteiger charge is -2.24. The molecule has 0 saturated carbocycles. The molecule has 1 amide bonds. The highest BCUT2D eigenvalue weighted by atomic mass is 32.1. The summed E-state index contributed by atoms with van der Waals surface area (Å²) >= 11 is 2.88. The Labute approximate surface area is 233 Å². The van der Waals surface area contributed by atoms with Crippen molar-refractivity contribution in [2.45, 2.75) is 26.8 Å². The number of aromatic nitrogens is 2. The van der Waals surface area contributed by atoms with Crippen LogP contribution in [0.15, 0.2) is 105 Å². The van der Waals surface area contributed by atoms with Crippen LogP contribution >= 0.6 is 22.7 Å². The van der Waals surface area contributed by atoms with E-state index in [1.54, 1.807) is 4.57 Å². The Morgan fingerprint density at radius 2 is 1.69 bits per heavy atom. The molecule has 0 aliphatic carbocycles. The van der Waals surface area contributed by atoms with Crippen LogP contribution in [0, 0.1) is 13.8 Å². The third kappa shape index (κ3) is 4.51. The molecule has 0 spiro atoms. The number of fused-ring (bicyclic) bond motifs is 1. The highest BCUT2D eigenvalue weighted by molar-refractivity contribution is 7.10. The lowest BCUT2D eigenvalue weighted by atomic mass is 10.0. The summed E-state index contributed by atoms with van der Waals surface area (Å²) < 4.78 is 4.44. The van der Waals surface area contributed by atoms with E-state index >= 15 is 0 Å². The van der Waals surface area contributed by atoms with Gasteiger partial charge in [0.05, 0.1) is 15.8 Å². The van der Waals surface area contributed by atoms with Crippen molar-refractivity contribution in [3.8, 4) is 5.69 Å². The third-order valence-electron chi connectivity index (χ3n) is 6.88. The summed E-state index contributed by atoms with van der Waals surface area (Å²) in [4.78, 5) is 33.8. The van der Waals surface area contributed by atoms with Crippen LogP contribution in [-0.2, 0) is 4.79 Å². The third-order valence-corrected chi connectivity index (χ3v) is 8.79. The lowest BCUT2D eigenvalue weighted by molar-refractivity contribution is -0.113. The Hall–Kier alpha value is -4.27. The second-order valence-electron chi connectivity index (χ2n) is 9.41. The Morgan fingerprint density at radius 3 is 2.38 bits per heavy atom. The van der Waals surface area contributed by atoms with Crippen molar-refractivity contribution in [1.29, 1.82) is 0 Å². The second kappa shape index (κ2) is 10.1. The van der Waals surface area contributed by atoms with E-state index in [-0.39, 0.29) is 11.5 Å². The SMILES string of the molecule is CC1=C(C(=O)Nc2ccccc2)[C@H](c2cccs2)n2c(s/c(=C\c3cc(C)n(-c4ccccc4)c3C)c2=O)=N1. The summed E-state index contributed by atoms with van der Waals surface area (Å²) in [7, 11) is 0. The standard InChI is InChI=1S/C31H26N4O2S2/c1-19-17-22(21(3)34(19)24-13-8-5-9-14-24)18-26-30(37)35-28(25-15-10-16-38-25)27(20(2)32-31(35)39-26)29(36)33-23-11-6-4-7-12-23/h4-18,28H,1-3H3,(H,33,36)/b26-18-/t28-/m0/s1. The molecule has 0 unspecified atom stereocenters. The molecule has 0 radical (unpaired) electrons. The number of thiazole rings is 1. The molecule has 1 aliphatic heterocycles. The number of allylic oxidation sites excluding steroid dienone is 1. The van der Waals surface area contributed by atoms with Crippen LogP contribution in [0.5, 0.6) is 0 Å². The summed E-state index contributed by atoms with van der Waals surface area (Å²) in [6.07, 6.45) is 1.94. The summed E-state index contributed by atoms with van der Waals surface area (Å²) in [5.41, 5.74) is 5.82. The number of hydrogen-bond donors (Lipinski definition) is 1. The van der Waals surface area contributed by atoms with Gasteiger partial charge in [0.25, 0.3) is 11.5 Å². The van der Waals surface area contributed by atoms with E-state index in [4.69, 9.17) is 4.99 Å². The number of aryl methyl sites for hydroxylation is 1. The van der Waals surface area contributed by atoms with Crippen LogP contribution in [-0.4, -0.2) is 15.0 Å². The van der Waals surface area contributed by atoms with Gasteiger partial charge in [0.15, 0.2) is 4.80 Å². The smallest absolute Gasteiger partial charge is 0.271 e. The van der Waals surface area contributed by atoms with Crippen molar-refractivity contribution < 1.29 is 4.79 Å². The maximum atomic E-state index is 14.0. The van der Waals surface area contributed by atoms with Gasteiger partial charge in [0.1, 0.15) is 6.04 Å². The van der Waals surface area contributed by atoms with Gasteiger partial charge >= 0.3 is 0 Å². The maximum Gasteiger partial charge on any atom is 0.271 e. The van der Waals surface area contributed by atoms with E-state index in [9.17, 15) is 9.59 Å². The number of hydrogen-bond acceptors (Lipinski definition) is 5.